The van der Waals surface area contributed by atoms with Gasteiger partial charge in [-0.15, -0.1) is 0 Å². The van der Waals surface area contributed by atoms with E-state index in [1.54, 1.807) is 0 Å². The number of aliphatic hydroxyl groups excluding tert-OH is 2. The molecule has 0 bridgehead atoms. The molecule has 0 fully saturated rings. The van der Waals surface area contributed by atoms with Crippen LogP contribution in [-0.2, 0) is 14.2 Å². The third-order valence-corrected chi connectivity index (χ3v) is 3.71. The molecule has 0 radical (unpaired) electrons. The van der Waals surface area contributed by atoms with Crippen molar-refractivity contribution in [2.45, 2.75) is 0 Å². The molecule has 2 aromatic carbocycles. The van der Waals surface area contributed by atoms with Gasteiger partial charge in [0.25, 0.3) is 0 Å². The van der Waals surface area contributed by atoms with Crippen molar-refractivity contribution in [2.75, 3.05) is 46.3 Å². The zero-order valence-electron chi connectivity index (χ0n) is 20.7. The normalized spacial score (nSPS) is 10.4. The lowest BCUT2D eigenvalue weighted by atomic mass is 10.3. The largest absolute Gasteiger partial charge is 0.514 e. The Morgan fingerprint density at radius 2 is 0.786 bits per heavy atom. The summed E-state index contributed by atoms with van der Waals surface area (Å²) < 4.78 is 163. The number of benzene rings is 2. The molecule has 2 aromatic rings. The van der Waals surface area contributed by atoms with Crippen LogP contribution >= 0.6 is 8.89 Å². The molecular formula is C21H18F11O9P. The van der Waals surface area contributed by atoms with Crippen molar-refractivity contribution in [1.82, 2.24) is 0 Å². The van der Waals surface area contributed by atoms with Crippen LogP contribution < -0.4 is 9.47 Å². The van der Waals surface area contributed by atoms with Crippen LogP contribution in [0.3, 0.4) is 0 Å². The van der Waals surface area contributed by atoms with Crippen LogP contribution in [0.1, 0.15) is 0 Å². The van der Waals surface area contributed by atoms with Crippen molar-refractivity contribution in [3.8, 4) is 11.5 Å². The first kappa shape index (κ1) is 38.5. The van der Waals surface area contributed by atoms with Crippen LogP contribution in [-0.4, -0.2) is 68.8 Å². The zero-order valence-corrected chi connectivity index (χ0v) is 21.7. The molecule has 1 unspecified atom stereocenters. The van der Waals surface area contributed by atoms with Crippen LogP contribution in [0, 0.1) is 58.2 Å². The van der Waals surface area contributed by atoms with Crippen molar-refractivity contribution in [3.63, 3.8) is 0 Å². The smallest absolute Gasteiger partial charge is 0.432 e. The predicted octanol–water partition coefficient (Wildman–Crippen LogP) is 4.98. The third kappa shape index (κ3) is 11.4. The second-order valence-corrected chi connectivity index (χ2v) is 6.83. The second-order valence-electron chi connectivity index (χ2n) is 6.45. The molecule has 0 aliphatic heterocycles. The zero-order chi connectivity index (χ0) is 32.6. The number of carbonyl (C=O) groups is 2. The van der Waals surface area contributed by atoms with Gasteiger partial charge in [-0.05, 0) is 6.66 Å². The summed E-state index contributed by atoms with van der Waals surface area (Å²) in [4.78, 5) is 22.6. The Morgan fingerprint density at radius 3 is 1.02 bits per heavy atom. The molecule has 2 N–H and O–H groups in total. The first-order valence-electron chi connectivity index (χ1n) is 10.5. The van der Waals surface area contributed by atoms with Crippen molar-refractivity contribution in [1.29, 1.82) is 0 Å². The molecule has 0 amide bonds. The maximum Gasteiger partial charge on any atom is 0.514 e. The molecule has 1 atom stereocenters. The number of carbonyl (C=O) groups excluding carboxylic acids is 2. The van der Waals surface area contributed by atoms with E-state index in [0.717, 1.165) is 0 Å². The van der Waals surface area contributed by atoms with Gasteiger partial charge < -0.3 is 33.9 Å². The van der Waals surface area contributed by atoms with Gasteiger partial charge in [0, 0.05) is 0 Å². The van der Waals surface area contributed by atoms with E-state index in [1.807, 2.05) is 0 Å². The summed E-state index contributed by atoms with van der Waals surface area (Å²) in [6.45, 7) is -1.20. The molecule has 2 rings (SSSR count). The molecule has 0 aromatic heterocycles. The highest BCUT2D eigenvalue weighted by Crippen LogP contribution is 2.30. The number of aliphatic hydroxyl groups is 2. The van der Waals surface area contributed by atoms with Crippen LogP contribution in [0.4, 0.5) is 57.7 Å². The van der Waals surface area contributed by atoms with Gasteiger partial charge in [-0.25, -0.2) is 40.1 Å². The Morgan fingerprint density at radius 1 is 0.548 bits per heavy atom. The topological polar surface area (TPSA) is 121 Å². The fraction of sp³-hybridized carbons (Fsp3) is 0.333. The Bertz CT molecular complexity index is 1060. The molecule has 0 saturated carbocycles. The minimum atomic E-state index is -2.48. The fourth-order valence-corrected chi connectivity index (χ4v) is 2.04. The number of hydrogen-bond acceptors (Lipinski definition) is 9. The Labute approximate surface area is 229 Å². The van der Waals surface area contributed by atoms with E-state index in [1.165, 1.54) is 6.66 Å². The first-order valence-corrected chi connectivity index (χ1v) is 11.9. The predicted molar refractivity (Wildman–Crippen MR) is 117 cm³/mol. The van der Waals surface area contributed by atoms with Crippen molar-refractivity contribution in [2.24, 2.45) is 0 Å². The molecule has 0 heterocycles. The maximum atomic E-state index is 13.4. The summed E-state index contributed by atoms with van der Waals surface area (Å²) >= 11 is 0. The van der Waals surface area contributed by atoms with E-state index >= 15 is 0 Å². The van der Waals surface area contributed by atoms with E-state index in [2.05, 4.69) is 18.9 Å². The van der Waals surface area contributed by atoms with Crippen molar-refractivity contribution < 1.29 is 91.6 Å². The molecule has 238 valence electrons. The Hall–Kier alpha value is -3.48. The average molecular weight is 654 g/mol. The number of rotatable bonds is 9. The average Bonchev–Trinajstić information content (AvgIpc) is 2.97. The molecule has 21 heteroatoms. The number of hydrogen-bond donors (Lipinski definition) is 2. The van der Waals surface area contributed by atoms with E-state index in [0.29, 0.717) is 0 Å². The quantitative estimate of drug-likeness (QED) is 0.0735. The molecule has 9 nitrogen and oxygen atoms in total. The maximum absolute atomic E-state index is 13.4. The monoisotopic (exact) mass is 654 g/mol. The third-order valence-electron chi connectivity index (χ3n) is 3.71. The summed E-state index contributed by atoms with van der Waals surface area (Å²) in [5, 5.41) is 15.2. The van der Waals surface area contributed by atoms with Gasteiger partial charge >= 0.3 is 12.3 Å². The fourth-order valence-electron chi connectivity index (χ4n) is 2.04. The minimum absolute atomic E-state index is 0.125. The van der Waals surface area contributed by atoms with Gasteiger partial charge in [0.2, 0.25) is 69.7 Å². The lowest BCUT2D eigenvalue weighted by Crippen LogP contribution is -2.19. The highest BCUT2D eigenvalue weighted by molar-refractivity contribution is 7.30. The van der Waals surface area contributed by atoms with Crippen LogP contribution in [0.2, 0.25) is 0 Å². The second kappa shape index (κ2) is 19.6. The lowest BCUT2D eigenvalue weighted by Gasteiger charge is -2.10. The number of ether oxygens (including phenoxy) is 5. The van der Waals surface area contributed by atoms with Crippen molar-refractivity contribution in [3.05, 3.63) is 58.2 Å². The first-order chi connectivity index (χ1) is 19.7. The highest BCUT2D eigenvalue weighted by Gasteiger charge is 2.30. The van der Waals surface area contributed by atoms with E-state index in [-0.39, 0.29) is 13.2 Å². The van der Waals surface area contributed by atoms with E-state index in [4.69, 9.17) is 14.9 Å². The van der Waals surface area contributed by atoms with Gasteiger partial charge in [-0.2, -0.15) is 17.6 Å². The molecule has 0 spiro atoms. The minimum Gasteiger partial charge on any atom is -0.432 e. The van der Waals surface area contributed by atoms with Crippen LogP contribution in [0.15, 0.2) is 0 Å². The van der Waals surface area contributed by atoms with Gasteiger partial charge in [-0.3, -0.25) is 0 Å². The number of halogens is 11. The molecule has 0 saturated heterocycles. The lowest BCUT2D eigenvalue weighted by molar-refractivity contribution is 0.0253. The van der Waals surface area contributed by atoms with E-state index < -0.39 is 117 Å². The van der Waals surface area contributed by atoms with Gasteiger partial charge in [0.1, 0.15) is 13.2 Å². The Kier molecular flexibility index (Phi) is 18.0. The molecule has 42 heavy (non-hydrogen) atoms. The molecular weight excluding hydrogens is 636 g/mol. The summed E-state index contributed by atoms with van der Waals surface area (Å²) in [7, 11) is -0.417. The van der Waals surface area contributed by atoms with Gasteiger partial charge in [0.05, 0.1) is 35.3 Å². The molecule has 0 aliphatic rings. The summed E-state index contributed by atoms with van der Waals surface area (Å²) in [5.74, 6) is -28.0. The Balaban J connectivity index is 0.00000216. The highest BCUT2D eigenvalue weighted by atomic mass is 31.1. The summed E-state index contributed by atoms with van der Waals surface area (Å²) in [6, 6.07) is 0. The van der Waals surface area contributed by atoms with Crippen molar-refractivity contribution >= 4 is 21.2 Å². The van der Waals surface area contributed by atoms with Gasteiger partial charge in [-0.1, -0.05) is 0 Å². The van der Waals surface area contributed by atoms with E-state index in [9.17, 15) is 57.7 Å². The van der Waals surface area contributed by atoms with Crippen LogP contribution in [0.5, 0.6) is 11.5 Å². The SMILES string of the molecule is CPF.O=C(OCCOCCOC(=O)Oc1c(F)c(F)c(F)c(F)c1F)Oc1c(F)c(F)c(F)c(F)c1F.OCCO. The van der Waals surface area contributed by atoms with Gasteiger partial charge in [0.15, 0.2) is 0 Å². The molecule has 0 aliphatic carbocycles. The summed E-state index contributed by atoms with van der Waals surface area (Å²) in [5.41, 5.74) is 0. The van der Waals surface area contributed by atoms with Crippen LogP contribution in [0.25, 0.3) is 0 Å². The standard InChI is InChI=1S/C18H8F10O7.C2H6O2.CH4FP/c19-5-7(21)11(25)15(12(26)8(5)22)34-17(29)32-3-1-31-2-4-33-18(30)35-16-13(27)9(23)6(20)10(24)14(16)28;3-1-2-4;1-3-2/h1-4H2;3-4H,1-2H2;3H,1H3. The summed E-state index contributed by atoms with van der Waals surface area (Å²) in [6.07, 6.45) is -3.75.